The highest BCUT2D eigenvalue weighted by Crippen LogP contribution is 2.33. The predicted octanol–water partition coefficient (Wildman–Crippen LogP) is 0.878. The third-order valence-corrected chi connectivity index (χ3v) is 6.00. The van der Waals surface area contributed by atoms with E-state index in [0.29, 0.717) is 37.4 Å². The van der Waals surface area contributed by atoms with Crippen LogP contribution >= 0.6 is 0 Å². The van der Waals surface area contributed by atoms with E-state index in [9.17, 15) is 14.4 Å². The zero-order valence-electron chi connectivity index (χ0n) is 16.7. The summed E-state index contributed by atoms with van der Waals surface area (Å²) in [5.74, 6) is 0.411. The molecule has 8 heteroatoms. The maximum absolute atomic E-state index is 13.0. The van der Waals surface area contributed by atoms with E-state index < -0.39 is 0 Å². The summed E-state index contributed by atoms with van der Waals surface area (Å²) in [4.78, 5) is 43.8. The lowest BCUT2D eigenvalue weighted by Crippen LogP contribution is -2.36. The molecule has 4 heterocycles. The van der Waals surface area contributed by atoms with Crippen LogP contribution in [0.1, 0.15) is 37.8 Å². The SMILES string of the molecule is Cc1cc(C(=O)N2C[C@@H]3CN(C(=O)c4c(C)nn(C)c4C)C[C@@H]3C2)[nH]c(=O)c1. The van der Waals surface area contributed by atoms with Crippen molar-refractivity contribution in [1.82, 2.24) is 24.6 Å². The van der Waals surface area contributed by atoms with Crippen molar-refractivity contribution in [2.24, 2.45) is 18.9 Å². The number of nitrogens with one attached hydrogen (secondary N) is 1. The first-order chi connectivity index (χ1) is 13.2. The van der Waals surface area contributed by atoms with Crippen molar-refractivity contribution in [3.05, 3.63) is 50.7 Å². The fraction of sp³-hybridized carbons (Fsp3) is 0.500. The summed E-state index contributed by atoms with van der Waals surface area (Å²) in [7, 11) is 1.84. The highest BCUT2D eigenvalue weighted by Gasteiger charge is 2.44. The Bertz CT molecular complexity index is 1010. The third-order valence-electron chi connectivity index (χ3n) is 6.00. The van der Waals surface area contributed by atoms with E-state index in [2.05, 4.69) is 10.1 Å². The van der Waals surface area contributed by atoms with Gasteiger partial charge in [0.2, 0.25) is 5.56 Å². The van der Waals surface area contributed by atoms with Gasteiger partial charge in [-0.2, -0.15) is 5.10 Å². The minimum absolute atomic E-state index is 0.0263. The lowest BCUT2D eigenvalue weighted by molar-refractivity contribution is 0.0734. The molecule has 0 radical (unpaired) electrons. The van der Waals surface area contributed by atoms with Gasteiger partial charge in [0.25, 0.3) is 11.8 Å². The standard InChI is InChI=1S/C20H25N5O3/c1-11-5-16(21-17(26)6-11)19(27)24-7-14-9-25(10-15(14)8-24)20(28)18-12(2)22-23(4)13(18)3/h5-6,14-15H,7-10H2,1-4H3,(H,21,26)/t14-,15+. The van der Waals surface area contributed by atoms with Crippen LogP contribution in [0, 0.1) is 32.6 Å². The third kappa shape index (κ3) is 3.02. The second-order valence-electron chi connectivity index (χ2n) is 8.05. The van der Waals surface area contributed by atoms with Crippen LogP contribution in [0.4, 0.5) is 0 Å². The first kappa shape index (κ1) is 18.5. The Labute approximate surface area is 163 Å². The van der Waals surface area contributed by atoms with Crippen molar-refractivity contribution in [3.63, 3.8) is 0 Å². The summed E-state index contributed by atoms with van der Waals surface area (Å²) in [5.41, 5.74) is 3.15. The lowest BCUT2D eigenvalue weighted by atomic mass is 10.0. The molecule has 0 spiro atoms. The number of carbonyl (C=O) groups is 2. The van der Waals surface area contributed by atoms with Crippen molar-refractivity contribution >= 4 is 11.8 Å². The van der Waals surface area contributed by atoms with Crippen molar-refractivity contribution in [2.75, 3.05) is 26.2 Å². The molecule has 2 amide bonds. The number of carbonyl (C=O) groups excluding carboxylic acids is 2. The predicted molar refractivity (Wildman–Crippen MR) is 103 cm³/mol. The number of aryl methyl sites for hydroxylation is 3. The van der Waals surface area contributed by atoms with Crippen LogP contribution in [0.25, 0.3) is 0 Å². The number of rotatable bonds is 2. The average Bonchev–Trinajstić information content (AvgIpc) is 3.25. The molecule has 0 aromatic carbocycles. The van der Waals surface area contributed by atoms with Crippen molar-refractivity contribution in [1.29, 1.82) is 0 Å². The van der Waals surface area contributed by atoms with Gasteiger partial charge in [-0.15, -0.1) is 0 Å². The van der Waals surface area contributed by atoms with Gasteiger partial charge in [0, 0.05) is 56.8 Å². The molecule has 2 aliphatic rings. The van der Waals surface area contributed by atoms with E-state index in [1.54, 1.807) is 22.6 Å². The number of hydrogen-bond donors (Lipinski definition) is 1. The van der Waals surface area contributed by atoms with Gasteiger partial charge in [-0.05, 0) is 32.4 Å². The quantitative estimate of drug-likeness (QED) is 0.833. The first-order valence-corrected chi connectivity index (χ1v) is 9.54. The number of fused-ring (bicyclic) bond motifs is 1. The molecule has 2 atom stereocenters. The fourth-order valence-corrected chi connectivity index (χ4v) is 4.53. The normalized spacial score (nSPS) is 21.3. The minimum atomic E-state index is -0.262. The van der Waals surface area contributed by atoms with Gasteiger partial charge in [0.05, 0.1) is 11.3 Å². The molecule has 2 saturated heterocycles. The molecule has 2 fully saturated rings. The molecule has 28 heavy (non-hydrogen) atoms. The van der Waals surface area contributed by atoms with Gasteiger partial charge < -0.3 is 14.8 Å². The zero-order valence-corrected chi connectivity index (χ0v) is 16.7. The second-order valence-corrected chi connectivity index (χ2v) is 8.05. The van der Waals surface area contributed by atoms with E-state index in [4.69, 9.17) is 0 Å². The van der Waals surface area contributed by atoms with Crippen molar-refractivity contribution in [3.8, 4) is 0 Å². The Morgan fingerprint density at radius 1 is 1.00 bits per heavy atom. The average molecular weight is 383 g/mol. The van der Waals surface area contributed by atoms with Crippen molar-refractivity contribution < 1.29 is 9.59 Å². The van der Waals surface area contributed by atoms with E-state index in [0.717, 1.165) is 17.0 Å². The van der Waals surface area contributed by atoms with Crippen LogP contribution in [0.5, 0.6) is 0 Å². The zero-order chi connectivity index (χ0) is 20.2. The van der Waals surface area contributed by atoms with Gasteiger partial charge in [-0.25, -0.2) is 0 Å². The molecule has 0 bridgehead atoms. The molecule has 1 N–H and O–H groups in total. The molecule has 0 aliphatic carbocycles. The second kappa shape index (κ2) is 6.61. The smallest absolute Gasteiger partial charge is 0.270 e. The summed E-state index contributed by atoms with van der Waals surface area (Å²) in [6.07, 6.45) is 0. The number of hydrogen-bond acceptors (Lipinski definition) is 4. The summed E-state index contributed by atoms with van der Waals surface area (Å²) in [5, 5.41) is 4.35. The molecule has 0 unspecified atom stereocenters. The van der Waals surface area contributed by atoms with Crippen LogP contribution < -0.4 is 5.56 Å². The summed E-state index contributed by atoms with van der Waals surface area (Å²) >= 11 is 0. The Kier molecular flexibility index (Phi) is 4.36. The molecule has 2 aromatic heterocycles. The molecular formula is C20H25N5O3. The Morgan fingerprint density at radius 2 is 1.57 bits per heavy atom. The Morgan fingerprint density at radius 3 is 2.07 bits per heavy atom. The molecule has 2 aliphatic heterocycles. The highest BCUT2D eigenvalue weighted by atomic mass is 16.2. The number of likely N-dealkylation sites (tertiary alicyclic amines) is 2. The molecule has 2 aromatic rings. The molecule has 0 saturated carbocycles. The summed E-state index contributed by atoms with van der Waals surface area (Å²) < 4.78 is 1.74. The summed E-state index contributed by atoms with van der Waals surface area (Å²) in [6, 6.07) is 3.18. The highest BCUT2D eigenvalue weighted by molar-refractivity contribution is 5.96. The van der Waals surface area contributed by atoms with Crippen LogP contribution in [0.3, 0.4) is 0 Å². The number of H-pyrrole nitrogens is 1. The van der Waals surface area contributed by atoms with E-state index in [1.807, 2.05) is 25.8 Å². The number of aromatic amines is 1. The summed E-state index contributed by atoms with van der Waals surface area (Å²) in [6.45, 7) is 8.07. The van der Waals surface area contributed by atoms with Gasteiger partial charge >= 0.3 is 0 Å². The monoisotopic (exact) mass is 383 g/mol. The maximum Gasteiger partial charge on any atom is 0.270 e. The van der Waals surface area contributed by atoms with Crippen LogP contribution in [0.15, 0.2) is 16.9 Å². The van der Waals surface area contributed by atoms with Gasteiger partial charge in [-0.3, -0.25) is 19.1 Å². The van der Waals surface area contributed by atoms with Gasteiger partial charge in [0.15, 0.2) is 0 Å². The Hall–Kier alpha value is -2.90. The lowest BCUT2D eigenvalue weighted by Gasteiger charge is -2.22. The first-order valence-electron chi connectivity index (χ1n) is 9.54. The number of pyridine rings is 1. The van der Waals surface area contributed by atoms with Gasteiger partial charge in [-0.1, -0.05) is 0 Å². The molecular weight excluding hydrogens is 358 g/mol. The Balaban J connectivity index is 1.45. The molecule has 8 nitrogen and oxygen atoms in total. The van der Waals surface area contributed by atoms with Crippen LogP contribution in [-0.4, -0.2) is 62.6 Å². The van der Waals surface area contributed by atoms with Gasteiger partial charge in [0.1, 0.15) is 5.69 Å². The largest absolute Gasteiger partial charge is 0.338 e. The van der Waals surface area contributed by atoms with Crippen LogP contribution in [0.2, 0.25) is 0 Å². The minimum Gasteiger partial charge on any atom is -0.338 e. The molecule has 4 rings (SSSR count). The van der Waals surface area contributed by atoms with E-state index in [-0.39, 0.29) is 29.2 Å². The van der Waals surface area contributed by atoms with Crippen LogP contribution in [-0.2, 0) is 7.05 Å². The maximum atomic E-state index is 13.0. The fourth-order valence-electron chi connectivity index (χ4n) is 4.53. The number of nitrogens with zero attached hydrogens (tertiary/aromatic N) is 4. The number of amides is 2. The van der Waals surface area contributed by atoms with E-state index in [1.165, 1.54) is 6.07 Å². The van der Waals surface area contributed by atoms with Crippen molar-refractivity contribution in [2.45, 2.75) is 20.8 Å². The van der Waals surface area contributed by atoms with E-state index >= 15 is 0 Å². The molecule has 148 valence electrons. The number of aromatic nitrogens is 3. The topological polar surface area (TPSA) is 91.3 Å².